The van der Waals surface area contributed by atoms with E-state index in [0.29, 0.717) is 12.2 Å². The van der Waals surface area contributed by atoms with Gasteiger partial charge in [-0.15, -0.1) is 11.8 Å². The summed E-state index contributed by atoms with van der Waals surface area (Å²) in [5.41, 5.74) is 1.44. The van der Waals surface area contributed by atoms with Gasteiger partial charge in [0.25, 0.3) is 0 Å². The van der Waals surface area contributed by atoms with E-state index in [9.17, 15) is 18.0 Å². The van der Waals surface area contributed by atoms with Gasteiger partial charge in [0.2, 0.25) is 11.8 Å². The highest BCUT2D eigenvalue weighted by molar-refractivity contribution is 8.01. The molecule has 0 aromatic heterocycles. The number of hydrogen-bond acceptors (Lipinski definition) is 5. The summed E-state index contributed by atoms with van der Waals surface area (Å²) in [5, 5.41) is 4.38. The molecule has 0 spiro atoms. The highest BCUT2D eigenvalue weighted by atomic mass is 32.2. The van der Waals surface area contributed by atoms with Gasteiger partial charge in [-0.2, -0.15) is 0 Å². The summed E-state index contributed by atoms with van der Waals surface area (Å²) in [7, 11) is -3.70. The fourth-order valence-corrected chi connectivity index (χ4v) is 5.14. The minimum Gasteiger partial charge on any atom is -0.352 e. The number of benzene rings is 2. The zero-order chi connectivity index (χ0) is 20.3. The van der Waals surface area contributed by atoms with Crippen LogP contribution in [0.3, 0.4) is 0 Å². The first-order valence-electron chi connectivity index (χ1n) is 8.93. The van der Waals surface area contributed by atoms with Gasteiger partial charge in [0.1, 0.15) is 0 Å². The van der Waals surface area contributed by atoms with E-state index in [1.807, 2.05) is 30.3 Å². The number of hydrogen-bond donors (Lipinski definition) is 2. The maximum Gasteiger partial charge on any atom is 0.237 e. The Balaban J connectivity index is 1.67. The summed E-state index contributed by atoms with van der Waals surface area (Å²) >= 11 is 1.39. The molecule has 0 saturated heterocycles. The Morgan fingerprint density at radius 1 is 1.21 bits per heavy atom. The fourth-order valence-electron chi connectivity index (χ4n) is 2.84. The molecule has 1 heterocycles. The normalized spacial score (nSPS) is 17.4. The van der Waals surface area contributed by atoms with Crippen molar-refractivity contribution in [3.05, 3.63) is 54.1 Å². The average molecular weight is 419 g/mol. The second-order valence-electron chi connectivity index (χ2n) is 6.73. The SMILES string of the molecule is CC1Sc2ccc(S(=O)(=O)C(C)CC(=O)NCc3ccccc3)cc2NC1=O. The predicted octanol–water partition coefficient (Wildman–Crippen LogP) is 2.99. The van der Waals surface area contributed by atoms with E-state index < -0.39 is 15.1 Å². The van der Waals surface area contributed by atoms with E-state index in [4.69, 9.17) is 0 Å². The quantitative estimate of drug-likeness (QED) is 0.752. The molecule has 8 heteroatoms. The molecular formula is C20H22N2O4S2. The Bertz CT molecular complexity index is 991. The van der Waals surface area contributed by atoms with Crippen molar-refractivity contribution >= 4 is 39.1 Å². The predicted molar refractivity (Wildman–Crippen MR) is 110 cm³/mol. The lowest BCUT2D eigenvalue weighted by Crippen LogP contribution is -2.30. The van der Waals surface area contributed by atoms with Gasteiger partial charge >= 0.3 is 0 Å². The first-order valence-corrected chi connectivity index (χ1v) is 11.4. The van der Waals surface area contributed by atoms with Crippen molar-refractivity contribution in [1.82, 2.24) is 5.32 Å². The maximum absolute atomic E-state index is 12.9. The van der Waals surface area contributed by atoms with Crippen LogP contribution in [-0.2, 0) is 26.0 Å². The molecule has 2 amide bonds. The monoisotopic (exact) mass is 418 g/mol. The molecule has 148 valence electrons. The molecule has 2 N–H and O–H groups in total. The highest BCUT2D eigenvalue weighted by Gasteiger charge is 2.29. The Kier molecular flexibility index (Phi) is 6.10. The lowest BCUT2D eigenvalue weighted by molar-refractivity contribution is -0.121. The van der Waals surface area contributed by atoms with Gasteiger partial charge in [0.15, 0.2) is 9.84 Å². The molecule has 28 heavy (non-hydrogen) atoms. The fraction of sp³-hybridized carbons (Fsp3) is 0.300. The van der Waals surface area contributed by atoms with Crippen molar-refractivity contribution in [1.29, 1.82) is 0 Å². The van der Waals surface area contributed by atoms with E-state index in [1.165, 1.54) is 30.8 Å². The number of amides is 2. The zero-order valence-electron chi connectivity index (χ0n) is 15.6. The Labute approximate surface area is 169 Å². The molecule has 1 aliphatic heterocycles. The first-order chi connectivity index (χ1) is 13.3. The van der Waals surface area contributed by atoms with E-state index >= 15 is 0 Å². The van der Waals surface area contributed by atoms with Crippen molar-refractivity contribution in [3.8, 4) is 0 Å². The molecule has 2 aromatic carbocycles. The minimum absolute atomic E-state index is 0.102. The summed E-state index contributed by atoms with van der Waals surface area (Å²) in [6.07, 6.45) is -0.135. The van der Waals surface area contributed by atoms with Gasteiger partial charge in [-0.05, 0) is 37.6 Å². The largest absolute Gasteiger partial charge is 0.352 e. The standard InChI is InChI=1S/C20H22N2O4S2/c1-13(10-19(23)21-12-15-6-4-3-5-7-15)28(25,26)16-8-9-18-17(11-16)22-20(24)14(2)27-18/h3-9,11,13-14H,10,12H2,1-2H3,(H,21,23)(H,22,24). The van der Waals surface area contributed by atoms with Gasteiger partial charge < -0.3 is 10.6 Å². The van der Waals surface area contributed by atoms with Crippen LogP contribution in [0.2, 0.25) is 0 Å². The molecule has 3 rings (SSSR count). The van der Waals surface area contributed by atoms with Crippen molar-refractivity contribution in [3.63, 3.8) is 0 Å². The average Bonchev–Trinajstić information content (AvgIpc) is 2.67. The van der Waals surface area contributed by atoms with E-state index in [-0.39, 0.29) is 28.4 Å². The maximum atomic E-state index is 12.9. The van der Waals surface area contributed by atoms with Crippen molar-refractivity contribution in [2.75, 3.05) is 5.32 Å². The van der Waals surface area contributed by atoms with Crippen LogP contribution >= 0.6 is 11.8 Å². The molecule has 0 saturated carbocycles. The van der Waals surface area contributed by atoms with Gasteiger partial charge in [-0.3, -0.25) is 9.59 Å². The number of thioether (sulfide) groups is 1. The highest BCUT2D eigenvalue weighted by Crippen LogP contribution is 2.37. The van der Waals surface area contributed by atoms with Crippen LogP contribution in [0.4, 0.5) is 5.69 Å². The van der Waals surface area contributed by atoms with Crippen molar-refractivity contribution < 1.29 is 18.0 Å². The minimum atomic E-state index is -3.70. The molecule has 1 aliphatic rings. The summed E-state index contributed by atoms with van der Waals surface area (Å²) < 4.78 is 25.7. The van der Waals surface area contributed by atoms with E-state index in [0.717, 1.165) is 10.5 Å². The molecule has 0 aliphatic carbocycles. The lowest BCUT2D eigenvalue weighted by atomic mass is 10.2. The Morgan fingerprint density at radius 2 is 1.93 bits per heavy atom. The second-order valence-corrected chi connectivity index (χ2v) is 10.5. The first kappa shape index (κ1) is 20.4. The third-order valence-electron chi connectivity index (χ3n) is 4.55. The number of anilines is 1. The third-order valence-corrected chi connectivity index (χ3v) is 7.86. The van der Waals surface area contributed by atoms with Crippen LogP contribution in [0, 0.1) is 0 Å². The van der Waals surface area contributed by atoms with Crippen LogP contribution in [0.5, 0.6) is 0 Å². The second kappa shape index (κ2) is 8.36. The van der Waals surface area contributed by atoms with Gasteiger partial charge in [-0.1, -0.05) is 30.3 Å². The third kappa shape index (κ3) is 4.56. The Morgan fingerprint density at radius 3 is 2.64 bits per heavy atom. The molecule has 2 unspecified atom stereocenters. The summed E-state index contributed by atoms with van der Waals surface area (Å²) in [6, 6.07) is 14.1. The summed E-state index contributed by atoms with van der Waals surface area (Å²) in [6.45, 7) is 3.67. The molecule has 0 bridgehead atoms. The van der Waals surface area contributed by atoms with Gasteiger partial charge in [0.05, 0.1) is 21.1 Å². The van der Waals surface area contributed by atoms with Crippen LogP contribution in [0.1, 0.15) is 25.8 Å². The lowest BCUT2D eigenvalue weighted by Gasteiger charge is -2.22. The number of fused-ring (bicyclic) bond motifs is 1. The topological polar surface area (TPSA) is 92.3 Å². The van der Waals surface area contributed by atoms with Gasteiger partial charge in [0, 0.05) is 17.9 Å². The Hall–Kier alpha value is -2.32. The summed E-state index contributed by atoms with van der Waals surface area (Å²) in [5.74, 6) is -0.476. The van der Waals surface area contributed by atoms with Crippen LogP contribution in [0.15, 0.2) is 58.3 Å². The van der Waals surface area contributed by atoms with Crippen LogP contribution in [-0.4, -0.2) is 30.7 Å². The number of carbonyl (C=O) groups excluding carboxylic acids is 2. The summed E-state index contributed by atoms with van der Waals surface area (Å²) in [4.78, 5) is 25.0. The number of sulfone groups is 1. The number of carbonyl (C=O) groups is 2. The molecule has 0 radical (unpaired) electrons. The van der Waals surface area contributed by atoms with Gasteiger partial charge in [-0.25, -0.2) is 8.42 Å². The zero-order valence-corrected chi connectivity index (χ0v) is 17.3. The smallest absolute Gasteiger partial charge is 0.237 e. The van der Waals surface area contributed by atoms with Crippen molar-refractivity contribution in [2.45, 2.75) is 47.1 Å². The number of rotatable bonds is 6. The molecular weight excluding hydrogens is 396 g/mol. The van der Waals surface area contributed by atoms with Crippen LogP contribution in [0.25, 0.3) is 0 Å². The van der Waals surface area contributed by atoms with Crippen LogP contribution < -0.4 is 10.6 Å². The number of nitrogens with one attached hydrogen (secondary N) is 2. The molecule has 0 fully saturated rings. The molecule has 2 atom stereocenters. The van der Waals surface area contributed by atoms with E-state index in [1.54, 1.807) is 13.0 Å². The molecule has 6 nitrogen and oxygen atoms in total. The van der Waals surface area contributed by atoms with Crippen molar-refractivity contribution in [2.24, 2.45) is 0 Å². The molecule has 2 aromatic rings. The van der Waals surface area contributed by atoms with E-state index in [2.05, 4.69) is 10.6 Å².